The minimum atomic E-state index is -1.08. The summed E-state index contributed by atoms with van der Waals surface area (Å²) < 4.78 is 25.3. The minimum Gasteiger partial charge on any atom is -0.365 e. The average molecular weight is 465 g/mol. The van der Waals surface area contributed by atoms with E-state index in [0.717, 1.165) is 36.7 Å². The number of nitrogens with zero attached hydrogens (tertiary/aromatic N) is 3. The first-order valence-corrected chi connectivity index (χ1v) is 12.4. The summed E-state index contributed by atoms with van der Waals surface area (Å²) >= 11 is 6.09. The Morgan fingerprint density at radius 2 is 2.06 bits per heavy atom. The van der Waals surface area contributed by atoms with Crippen LogP contribution in [0.2, 0.25) is 0 Å². The maximum atomic E-state index is 12.8. The minimum absolute atomic E-state index is 0.247. The standard InChI is InChI=1S/C23H30ClFN4OS/c1-4-18(15-16(2)24)19-8-12-29(13-9-19)23-27-20-10-14-31(30)21(20)22(28-23)26-11-6-5-7-17(3)25/h4-7,15,19H,8-14H2,1-3H3,(H,26,27,28)/b6-5-,16-15+,17-7+,18-4+. The van der Waals surface area contributed by atoms with Gasteiger partial charge in [0, 0.05) is 36.8 Å². The number of allylic oxidation sites excluding steroid dienone is 7. The van der Waals surface area contributed by atoms with E-state index < -0.39 is 10.8 Å². The van der Waals surface area contributed by atoms with Crippen molar-refractivity contribution >= 4 is 34.2 Å². The van der Waals surface area contributed by atoms with E-state index in [-0.39, 0.29) is 5.83 Å². The van der Waals surface area contributed by atoms with Gasteiger partial charge < -0.3 is 10.2 Å². The molecular weight excluding hydrogens is 435 g/mol. The predicted octanol–water partition coefficient (Wildman–Crippen LogP) is 5.29. The first-order chi connectivity index (χ1) is 14.9. The molecule has 31 heavy (non-hydrogen) atoms. The van der Waals surface area contributed by atoms with Gasteiger partial charge in [-0.15, -0.1) is 0 Å². The third-order valence-electron chi connectivity index (χ3n) is 5.47. The van der Waals surface area contributed by atoms with Crippen molar-refractivity contribution in [3.05, 3.63) is 52.5 Å². The van der Waals surface area contributed by atoms with Crippen molar-refractivity contribution in [2.24, 2.45) is 5.92 Å². The molecule has 0 saturated carbocycles. The summed E-state index contributed by atoms with van der Waals surface area (Å²) in [4.78, 5) is 12.4. The van der Waals surface area contributed by atoms with E-state index >= 15 is 0 Å². The van der Waals surface area contributed by atoms with Gasteiger partial charge in [-0.2, -0.15) is 4.98 Å². The second-order valence-electron chi connectivity index (χ2n) is 7.79. The molecule has 0 amide bonds. The van der Waals surface area contributed by atoms with Crippen LogP contribution in [-0.2, 0) is 17.2 Å². The molecule has 0 aliphatic carbocycles. The Morgan fingerprint density at radius 3 is 2.71 bits per heavy atom. The monoisotopic (exact) mass is 464 g/mol. The van der Waals surface area contributed by atoms with Crippen molar-refractivity contribution in [3.63, 3.8) is 0 Å². The van der Waals surface area contributed by atoms with Gasteiger partial charge in [0.05, 0.1) is 22.3 Å². The van der Waals surface area contributed by atoms with Gasteiger partial charge in [-0.1, -0.05) is 29.8 Å². The van der Waals surface area contributed by atoms with Gasteiger partial charge in [-0.25, -0.2) is 9.37 Å². The zero-order valence-corrected chi connectivity index (χ0v) is 19.9. The number of hydrogen-bond acceptors (Lipinski definition) is 5. The van der Waals surface area contributed by atoms with Crippen LogP contribution in [0.3, 0.4) is 0 Å². The SMILES string of the molecule is C/C=C(\C=C(/C)Cl)C1CCN(c2nc3c(c(NC/C=C\C=C(/C)F)n2)S(=O)CC3)CC1. The molecule has 5 nitrogen and oxygen atoms in total. The fraction of sp³-hybridized carbons (Fsp3) is 0.478. The van der Waals surface area contributed by atoms with Crippen LogP contribution in [0, 0.1) is 5.92 Å². The van der Waals surface area contributed by atoms with Crippen molar-refractivity contribution in [2.45, 2.75) is 44.9 Å². The quantitative estimate of drug-likeness (QED) is 0.556. The number of aromatic nitrogens is 2. The van der Waals surface area contributed by atoms with E-state index in [4.69, 9.17) is 21.6 Å². The Balaban J connectivity index is 1.74. The molecule has 1 atom stereocenters. The van der Waals surface area contributed by atoms with Crippen LogP contribution in [-0.4, -0.2) is 39.6 Å². The molecule has 3 rings (SSSR count). The van der Waals surface area contributed by atoms with Crippen LogP contribution in [0.4, 0.5) is 16.2 Å². The molecule has 1 aromatic rings. The summed E-state index contributed by atoms with van der Waals surface area (Å²) in [5.41, 5.74) is 2.15. The van der Waals surface area contributed by atoms with Gasteiger partial charge in [0.25, 0.3) is 0 Å². The van der Waals surface area contributed by atoms with E-state index in [1.807, 2.05) is 13.0 Å². The second kappa shape index (κ2) is 11.0. The largest absolute Gasteiger partial charge is 0.365 e. The first-order valence-electron chi connectivity index (χ1n) is 10.7. The summed E-state index contributed by atoms with van der Waals surface area (Å²) in [5.74, 6) is 2.13. The number of nitrogens with one attached hydrogen (secondary N) is 1. The molecule has 0 spiro atoms. The smallest absolute Gasteiger partial charge is 0.227 e. The molecule has 1 saturated heterocycles. The number of aryl methyl sites for hydroxylation is 1. The lowest BCUT2D eigenvalue weighted by atomic mass is 9.88. The lowest BCUT2D eigenvalue weighted by Crippen LogP contribution is -2.35. The Morgan fingerprint density at radius 1 is 1.32 bits per heavy atom. The normalized spacial score (nSPS) is 21.1. The van der Waals surface area contributed by atoms with Crippen LogP contribution in [0.1, 0.15) is 39.3 Å². The van der Waals surface area contributed by atoms with Gasteiger partial charge in [-0.05, 0) is 57.3 Å². The summed E-state index contributed by atoms with van der Waals surface area (Å²) in [5, 5.41) is 4.04. The second-order valence-corrected chi connectivity index (χ2v) is 9.89. The summed E-state index contributed by atoms with van der Waals surface area (Å²) in [7, 11) is -1.08. The van der Waals surface area contributed by atoms with E-state index in [1.54, 1.807) is 6.08 Å². The van der Waals surface area contributed by atoms with Crippen LogP contribution in [0.25, 0.3) is 0 Å². The van der Waals surface area contributed by atoms with Crippen LogP contribution >= 0.6 is 11.6 Å². The van der Waals surface area contributed by atoms with Gasteiger partial charge >= 0.3 is 0 Å². The van der Waals surface area contributed by atoms with Gasteiger partial charge in [-0.3, -0.25) is 4.21 Å². The number of halogens is 2. The highest BCUT2D eigenvalue weighted by Crippen LogP contribution is 2.32. The maximum absolute atomic E-state index is 12.8. The summed E-state index contributed by atoms with van der Waals surface area (Å²) in [6.45, 7) is 7.55. The molecule has 1 aromatic heterocycles. The third kappa shape index (κ3) is 6.26. The first kappa shape index (κ1) is 23.7. The van der Waals surface area contributed by atoms with Crippen LogP contribution in [0.15, 0.2) is 51.7 Å². The summed E-state index contributed by atoms with van der Waals surface area (Å²) in [6, 6.07) is 0. The molecule has 0 radical (unpaired) electrons. The number of fused-ring (bicyclic) bond motifs is 1. The molecule has 1 unspecified atom stereocenters. The number of anilines is 2. The molecular formula is C23H30ClFN4OS. The van der Waals surface area contributed by atoms with Crippen molar-refractivity contribution in [2.75, 3.05) is 35.6 Å². The number of rotatable bonds is 7. The predicted molar refractivity (Wildman–Crippen MR) is 128 cm³/mol. The van der Waals surface area contributed by atoms with Crippen molar-refractivity contribution in [3.8, 4) is 0 Å². The third-order valence-corrected chi connectivity index (χ3v) is 7.04. The highest BCUT2D eigenvalue weighted by atomic mass is 35.5. The zero-order valence-electron chi connectivity index (χ0n) is 18.3. The molecule has 1 N–H and O–H groups in total. The molecule has 3 heterocycles. The molecule has 2 aliphatic rings. The maximum Gasteiger partial charge on any atom is 0.227 e. The molecule has 1 fully saturated rings. The molecule has 0 bridgehead atoms. The van der Waals surface area contributed by atoms with Crippen LogP contribution in [0.5, 0.6) is 0 Å². The highest BCUT2D eigenvalue weighted by Gasteiger charge is 2.29. The van der Waals surface area contributed by atoms with Gasteiger partial charge in [0.2, 0.25) is 5.95 Å². The van der Waals surface area contributed by atoms with E-state index in [1.165, 1.54) is 18.6 Å². The molecule has 168 valence electrons. The fourth-order valence-corrected chi connectivity index (χ4v) is 5.40. The lowest BCUT2D eigenvalue weighted by Gasteiger charge is -2.33. The van der Waals surface area contributed by atoms with E-state index in [0.29, 0.717) is 41.3 Å². The van der Waals surface area contributed by atoms with Crippen molar-refractivity contribution in [1.82, 2.24) is 9.97 Å². The van der Waals surface area contributed by atoms with E-state index in [2.05, 4.69) is 29.3 Å². The van der Waals surface area contributed by atoms with Gasteiger partial charge in [0.15, 0.2) is 0 Å². The Bertz CT molecular complexity index is 941. The topological polar surface area (TPSA) is 58.1 Å². The fourth-order valence-electron chi connectivity index (χ4n) is 3.95. The molecule has 2 aliphatic heterocycles. The molecule has 8 heteroatoms. The highest BCUT2D eigenvalue weighted by molar-refractivity contribution is 7.85. The lowest BCUT2D eigenvalue weighted by molar-refractivity contribution is 0.459. The Labute approximate surface area is 191 Å². The zero-order chi connectivity index (χ0) is 22.4. The Kier molecular flexibility index (Phi) is 8.43. The van der Waals surface area contributed by atoms with Crippen molar-refractivity contribution in [1.29, 1.82) is 0 Å². The average Bonchev–Trinajstić information content (AvgIpc) is 3.12. The van der Waals surface area contributed by atoms with Crippen molar-refractivity contribution < 1.29 is 8.60 Å². The van der Waals surface area contributed by atoms with E-state index in [9.17, 15) is 8.60 Å². The Hall–Kier alpha value is -1.99. The number of piperidine rings is 1. The number of hydrogen-bond donors (Lipinski definition) is 1. The molecule has 0 aromatic carbocycles. The van der Waals surface area contributed by atoms with Crippen LogP contribution < -0.4 is 10.2 Å². The summed E-state index contributed by atoms with van der Waals surface area (Å²) in [6.07, 6.45) is 11.8. The van der Waals surface area contributed by atoms with Gasteiger partial charge in [0.1, 0.15) is 10.7 Å².